The van der Waals surface area contributed by atoms with Crippen molar-refractivity contribution in [3.63, 3.8) is 0 Å². The predicted octanol–water partition coefficient (Wildman–Crippen LogP) is 1.17. The van der Waals surface area contributed by atoms with Gasteiger partial charge in [0.1, 0.15) is 6.04 Å². The molecule has 0 heterocycles. The van der Waals surface area contributed by atoms with E-state index in [0.29, 0.717) is 13.1 Å². The van der Waals surface area contributed by atoms with Crippen LogP contribution >= 0.6 is 0 Å². The zero-order valence-corrected chi connectivity index (χ0v) is 10.5. The minimum atomic E-state index is -0.782. The van der Waals surface area contributed by atoms with Crippen LogP contribution in [0.25, 0.3) is 0 Å². The van der Waals surface area contributed by atoms with Gasteiger partial charge in [0.05, 0.1) is 0 Å². The number of carboxylic acids is 1. The number of likely N-dealkylation sites (N-methyl/N-ethyl adjacent to an activating group) is 2. The topological polar surface area (TPSA) is 52.6 Å². The molecule has 15 heavy (non-hydrogen) atoms. The van der Waals surface area contributed by atoms with Crippen LogP contribution in [0.1, 0.15) is 34.1 Å². The summed E-state index contributed by atoms with van der Waals surface area (Å²) in [7, 11) is 1.97. The highest BCUT2D eigenvalue weighted by atomic mass is 16.4. The monoisotopic (exact) mass is 216 g/mol. The highest BCUT2D eigenvalue weighted by molar-refractivity contribution is 5.73. The second kappa shape index (κ2) is 6.08. The second-order valence-corrected chi connectivity index (χ2v) is 4.50. The van der Waals surface area contributed by atoms with Crippen LogP contribution in [0.3, 0.4) is 0 Å². The molecule has 2 N–H and O–H groups in total. The van der Waals surface area contributed by atoms with Crippen molar-refractivity contribution >= 4 is 5.97 Å². The summed E-state index contributed by atoms with van der Waals surface area (Å²) < 4.78 is 0. The number of aliphatic carboxylic acids is 1. The number of nitrogens with one attached hydrogen (secondary N) is 1. The molecule has 1 unspecified atom stereocenters. The maximum Gasteiger partial charge on any atom is 0.322 e. The van der Waals surface area contributed by atoms with Crippen LogP contribution in [0.4, 0.5) is 0 Å². The molecule has 1 atom stereocenters. The van der Waals surface area contributed by atoms with Gasteiger partial charge in [-0.05, 0) is 33.9 Å². The zero-order chi connectivity index (χ0) is 12.1. The average molecular weight is 216 g/mol. The molecule has 4 nitrogen and oxygen atoms in total. The molecule has 0 saturated carbocycles. The molecular formula is C11H24N2O2. The summed E-state index contributed by atoms with van der Waals surface area (Å²) in [5.74, 6) is -0.782. The Morgan fingerprint density at radius 1 is 1.47 bits per heavy atom. The SMILES string of the molecule is CCNC(CN(C)C(C)(C)CC)C(=O)O. The van der Waals surface area contributed by atoms with Crippen molar-refractivity contribution in [1.82, 2.24) is 10.2 Å². The molecule has 0 amide bonds. The molecule has 0 aliphatic rings. The lowest BCUT2D eigenvalue weighted by Gasteiger charge is -2.36. The highest BCUT2D eigenvalue weighted by Gasteiger charge is 2.26. The third kappa shape index (κ3) is 4.62. The Kier molecular flexibility index (Phi) is 5.83. The standard InChI is InChI=1S/C11H24N2O2/c1-6-11(3,4)13(5)8-9(10(14)15)12-7-2/h9,12H,6-8H2,1-5H3,(H,14,15). The largest absolute Gasteiger partial charge is 0.480 e. The number of carboxylic acid groups (broad SMARTS) is 1. The maximum absolute atomic E-state index is 11.0. The summed E-state index contributed by atoms with van der Waals surface area (Å²) in [5, 5.41) is 12.0. The third-order valence-corrected chi connectivity index (χ3v) is 3.10. The summed E-state index contributed by atoms with van der Waals surface area (Å²) in [6.45, 7) is 9.48. The van der Waals surface area contributed by atoms with E-state index in [2.05, 4.69) is 31.0 Å². The van der Waals surface area contributed by atoms with E-state index in [0.717, 1.165) is 6.42 Å². The van der Waals surface area contributed by atoms with Crippen molar-refractivity contribution < 1.29 is 9.90 Å². The molecule has 0 saturated heterocycles. The molecule has 0 radical (unpaired) electrons. The number of hydrogen-bond acceptors (Lipinski definition) is 3. The Labute approximate surface area is 92.7 Å². The second-order valence-electron chi connectivity index (χ2n) is 4.50. The quantitative estimate of drug-likeness (QED) is 0.671. The van der Waals surface area contributed by atoms with Crippen molar-refractivity contribution in [2.75, 3.05) is 20.1 Å². The van der Waals surface area contributed by atoms with Crippen LogP contribution in [-0.2, 0) is 4.79 Å². The lowest BCUT2D eigenvalue weighted by atomic mass is 9.99. The first kappa shape index (κ1) is 14.4. The van der Waals surface area contributed by atoms with Gasteiger partial charge in [0.2, 0.25) is 0 Å². The fraction of sp³-hybridized carbons (Fsp3) is 0.909. The van der Waals surface area contributed by atoms with Crippen molar-refractivity contribution in [3.05, 3.63) is 0 Å². The molecule has 0 aromatic carbocycles. The molecule has 0 aliphatic carbocycles. The minimum Gasteiger partial charge on any atom is -0.480 e. The Morgan fingerprint density at radius 3 is 2.33 bits per heavy atom. The van der Waals surface area contributed by atoms with Gasteiger partial charge in [-0.1, -0.05) is 13.8 Å². The maximum atomic E-state index is 11.0. The zero-order valence-electron chi connectivity index (χ0n) is 10.5. The first-order chi connectivity index (χ1) is 6.85. The van der Waals surface area contributed by atoms with E-state index >= 15 is 0 Å². The molecule has 90 valence electrons. The summed E-state index contributed by atoms with van der Waals surface area (Å²) in [4.78, 5) is 13.0. The summed E-state index contributed by atoms with van der Waals surface area (Å²) in [6.07, 6.45) is 1.00. The van der Waals surface area contributed by atoms with E-state index in [1.165, 1.54) is 0 Å². The van der Waals surface area contributed by atoms with Crippen molar-refractivity contribution in [3.8, 4) is 0 Å². The number of nitrogens with zero attached hydrogens (tertiary/aromatic N) is 1. The van der Waals surface area contributed by atoms with Crippen molar-refractivity contribution in [2.24, 2.45) is 0 Å². The Morgan fingerprint density at radius 2 is 2.00 bits per heavy atom. The van der Waals surface area contributed by atoms with Gasteiger partial charge in [-0.3, -0.25) is 9.69 Å². The van der Waals surface area contributed by atoms with Gasteiger partial charge in [0, 0.05) is 12.1 Å². The number of carbonyl (C=O) groups is 1. The molecule has 0 fully saturated rings. The van der Waals surface area contributed by atoms with E-state index in [9.17, 15) is 4.79 Å². The van der Waals surface area contributed by atoms with Gasteiger partial charge in [-0.15, -0.1) is 0 Å². The molecule has 0 spiro atoms. The molecule has 0 aliphatic heterocycles. The Bertz CT molecular complexity index is 205. The smallest absolute Gasteiger partial charge is 0.322 e. The molecule has 0 aromatic rings. The minimum absolute atomic E-state index is 0.0448. The molecule has 0 aromatic heterocycles. The molecule has 0 rings (SSSR count). The van der Waals surface area contributed by atoms with Crippen LogP contribution in [0.15, 0.2) is 0 Å². The van der Waals surface area contributed by atoms with E-state index in [1.807, 2.05) is 14.0 Å². The fourth-order valence-corrected chi connectivity index (χ4v) is 1.27. The molecule has 4 heteroatoms. The van der Waals surface area contributed by atoms with E-state index in [-0.39, 0.29) is 5.54 Å². The average Bonchev–Trinajstić information content (AvgIpc) is 2.16. The van der Waals surface area contributed by atoms with E-state index < -0.39 is 12.0 Å². The Hall–Kier alpha value is -0.610. The van der Waals surface area contributed by atoms with Gasteiger partial charge in [0.15, 0.2) is 0 Å². The van der Waals surface area contributed by atoms with E-state index in [1.54, 1.807) is 0 Å². The van der Waals surface area contributed by atoms with Gasteiger partial charge in [-0.2, -0.15) is 0 Å². The van der Waals surface area contributed by atoms with Crippen LogP contribution < -0.4 is 5.32 Å². The third-order valence-electron chi connectivity index (χ3n) is 3.10. The van der Waals surface area contributed by atoms with Crippen LogP contribution in [-0.4, -0.2) is 47.7 Å². The Balaban J connectivity index is 4.34. The molecular weight excluding hydrogens is 192 g/mol. The summed E-state index contributed by atoms with van der Waals surface area (Å²) >= 11 is 0. The van der Waals surface area contributed by atoms with Gasteiger partial charge < -0.3 is 10.4 Å². The highest BCUT2D eigenvalue weighted by Crippen LogP contribution is 2.16. The van der Waals surface area contributed by atoms with Crippen LogP contribution in [0, 0.1) is 0 Å². The lowest BCUT2D eigenvalue weighted by Crippen LogP contribution is -2.51. The first-order valence-electron chi connectivity index (χ1n) is 5.52. The number of hydrogen-bond donors (Lipinski definition) is 2. The lowest BCUT2D eigenvalue weighted by molar-refractivity contribution is -0.140. The van der Waals surface area contributed by atoms with Crippen LogP contribution in [0.2, 0.25) is 0 Å². The van der Waals surface area contributed by atoms with Crippen LogP contribution in [0.5, 0.6) is 0 Å². The normalized spacial score (nSPS) is 14.3. The predicted molar refractivity (Wildman–Crippen MR) is 62.1 cm³/mol. The van der Waals surface area contributed by atoms with E-state index in [4.69, 9.17) is 5.11 Å². The van der Waals surface area contributed by atoms with Gasteiger partial charge in [-0.25, -0.2) is 0 Å². The first-order valence-corrected chi connectivity index (χ1v) is 5.52. The van der Waals surface area contributed by atoms with Gasteiger partial charge in [0.25, 0.3) is 0 Å². The number of rotatable bonds is 7. The fourth-order valence-electron chi connectivity index (χ4n) is 1.27. The van der Waals surface area contributed by atoms with Gasteiger partial charge >= 0.3 is 5.97 Å². The summed E-state index contributed by atoms with van der Waals surface area (Å²) in [5.41, 5.74) is 0.0448. The molecule has 0 bridgehead atoms. The van der Waals surface area contributed by atoms with Crippen molar-refractivity contribution in [2.45, 2.75) is 45.7 Å². The van der Waals surface area contributed by atoms with Crippen molar-refractivity contribution in [1.29, 1.82) is 0 Å². The summed E-state index contributed by atoms with van der Waals surface area (Å²) in [6, 6.07) is -0.481.